The smallest absolute Gasteiger partial charge is 0.246 e. The third kappa shape index (κ3) is 5.76. The van der Waals surface area contributed by atoms with Crippen LogP contribution in [-0.4, -0.2) is 16.1 Å². The molecule has 2 atom stereocenters. The van der Waals surface area contributed by atoms with Crippen LogP contribution in [0, 0.1) is 5.92 Å². The van der Waals surface area contributed by atoms with E-state index in [4.69, 9.17) is 16.3 Å². The van der Waals surface area contributed by atoms with E-state index in [1.54, 1.807) is 0 Å². The highest BCUT2D eigenvalue weighted by atomic mass is 35.5. The number of hydrogen-bond acceptors (Lipinski definition) is 4. The number of aryl methyl sites for hydroxylation is 1. The summed E-state index contributed by atoms with van der Waals surface area (Å²) in [6.07, 6.45) is 5.43. The molecule has 2 aromatic carbocycles. The normalized spacial score (nSPS) is 13.5. The van der Waals surface area contributed by atoms with Crippen LogP contribution in [0.2, 0.25) is 5.15 Å². The average molecular weight is 480 g/mol. The van der Waals surface area contributed by atoms with Crippen LogP contribution in [0.1, 0.15) is 70.9 Å². The number of nitrogens with zero attached hydrogens (tertiary/aromatic N) is 2. The van der Waals surface area contributed by atoms with Gasteiger partial charge in [-0.2, -0.15) is 0 Å². The molecule has 1 amide bonds. The first-order valence-corrected chi connectivity index (χ1v) is 12.5. The zero-order valence-electron chi connectivity index (χ0n) is 20.7. The van der Waals surface area contributed by atoms with E-state index in [1.807, 2.05) is 43.3 Å². The standard InChI is InChI=1S/C28H34ClN3O2/c1-6-12-18(5)30-27(33)22(9-4)21(8-3)23-16-15-20(17-19(23)7-2)34-28-25-14-11-10-13-24(25)26(29)31-32-28/h10-17,21-22H,6-9H2,1-5H3,(H,30,33)/b18-12+/t21-,22?/m0/s1. The number of benzene rings is 2. The Morgan fingerprint density at radius 3 is 2.44 bits per heavy atom. The van der Waals surface area contributed by atoms with Gasteiger partial charge >= 0.3 is 0 Å². The van der Waals surface area contributed by atoms with Gasteiger partial charge in [0.15, 0.2) is 5.15 Å². The fourth-order valence-corrected chi connectivity index (χ4v) is 4.77. The molecule has 1 aromatic heterocycles. The number of halogens is 1. The summed E-state index contributed by atoms with van der Waals surface area (Å²) in [6.45, 7) is 10.4. The minimum absolute atomic E-state index is 0.0850. The molecular weight excluding hydrogens is 446 g/mol. The van der Waals surface area contributed by atoms with Crippen molar-refractivity contribution in [1.29, 1.82) is 0 Å². The van der Waals surface area contributed by atoms with Gasteiger partial charge in [-0.15, -0.1) is 10.2 Å². The highest BCUT2D eigenvalue weighted by Gasteiger charge is 2.28. The summed E-state index contributed by atoms with van der Waals surface area (Å²) in [7, 11) is 0. The molecule has 1 heterocycles. The van der Waals surface area contributed by atoms with Gasteiger partial charge in [-0.05, 0) is 67.9 Å². The summed E-state index contributed by atoms with van der Waals surface area (Å²) in [5.41, 5.74) is 3.28. The van der Waals surface area contributed by atoms with Crippen LogP contribution >= 0.6 is 11.6 Å². The summed E-state index contributed by atoms with van der Waals surface area (Å²) in [5, 5.41) is 13.3. The van der Waals surface area contributed by atoms with Gasteiger partial charge in [0.1, 0.15) is 5.75 Å². The summed E-state index contributed by atoms with van der Waals surface area (Å²) in [4.78, 5) is 13.1. The number of ether oxygens (including phenoxy) is 1. The molecule has 0 bridgehead atoms. The number of carbonyl (C=O) groups excluding carboxylic acids is 1. The average Bonchev–Trinajstić information content (AvgIpc) is 2.84. The Bertz CT molecular complexity index is 1180. The fourth-order valence-electron chi connectivity index (χ4n) is 4.57. The molecule has 0 saturated carbocycles. The largest absolute Gasteiger partial charge is 0.437 e. The van der Waals surface area contributed by atoms with Crippen LogP contribution in [0.15, 0.2) is 54.2 Å². The van der Waals surface area contributed by atoms with Crippen molar-refractivity contribution in [2.45, 2.75) is 66.2 Å². The minimum atomic E-state index is -0.103. The van der Waals surface area contributed by atoms with E-state index in [0.29, 0.717) is 16.8 Å². The molecule has 180 valence electrons. The van der Waals surface area contributed by atoms with Crippen molar-refractivity contribution < 1.29 is 9.53 Å². The zero-order chi connectivity index (χ0) is 24.7. The predicted molar refractivity (Wildman–Crippen MR) is 139 cm³/mol. The molecule has 0 radical (unpaired) electrons. The molecule has 3 aromatic rings. The lowest BCUT2D eigenvalue weighted by Gasteiger charge is -2.27. The zero-order valence-corrected chi connectivity index (χ0v) is 21.4. The van der Waals surface area contributed by atoms with E-state index >= 15 is 0 Å². The predicted octanol–water partition coefficient (Wildman–Crippen LogP) is 7.59. The molecule has 6 heteroatoms. The second-order valence-corrected chi connectivity index (χ2v) is 8.83. The van der Waals surface area contributed by atoms with Crippen LogP contribution in [-0.2, 0) is 11.2 Å². The first-order valence-electron chi connectivity index (χ1n) is 12.1. The Morgan fingerprint density at radius 1 is 1.06 bits per heavy atom. The van der Waals surface area contributed by atoms with E-state index in [1.165, 1.54) is 11.1 Å². The maximum absolute atomic E-state index is 13.1. The first-order chi connectivity index (χ1) is 16.4. The highest BCUT2D eigenvalue weighted by molar-refractivity contribution is 6.34. The Balaban J connectivity index is 1.91. The molecule has 0 aliphatic heterocycles. The maximum atomic E-state index is 13.1. The van der Waals surface area contributed by atoms with Crippen molar-refractivity contribution in [3.63, 3.8) is 0 Å². The van der Waals surface area contributed by atoms with Crippen molar-refractivity contribution in [2.75, 3.05) is 0 Å². The Morgan fingerprint density at radius 2 is 1.79 bits per heavy atom. The van der Waals surface area contributed by atoms with Crippen LogP contribution < -0.4 is 10.1 Å². The SMILES string of the molecule is CC/C=C(\C)NC(=O)C(CC)[C@H](CC)c1ccc(Oc2nnc(Cl)c3ccccc23)cc1CC. The van der Waals surface area contributed by atoms with E-state index in [-0.39, 0.29) is 17.7 Å². The third-order valence-corrected chi connectivity index (χ3v) is 6.53. The summed E-state index contributed by atoms with van der Waals surface area (Å²) >= 11 is 6.20. The van der Waals surface area contributed by atoms with Gasteiger partial charge in [0.25, 0.3) is 0 Å². The number of hydrogen-bond donors (Lipinski definition) is 1. The minimum Gasteiger partial charge on any atom is -0.437 e. The van der Waals surface area contributed by atoms with Gasteiger partial charge in [-0.25, -0.2) is 0 Å². The highest BCUT2D eigenvalue weighted by Crippen LogP contribution is 2.36. The van der Waals surface area contributed by atoms with Gasteiger partial charge in [-0.3, -0.25) is 4.79 Å². The monoisotopic (exact) mass is 479 g/mol. The molecule has 0 fully saturated rings. The van der Waals surface area contributed by atoms with Crippen molar-refractivity contribution in [3.8, 4) is 11.6 Å². The van der Waals surface area contributed by atoms with E-state index in [0.717, 1.165) is 42.2 Å². The summed E-state index contributed by atoms with van der Waals surface area (Å²) in [5.74, 6) is 1.22. The van der Waals surface area contributed by atoms with Crippen LogP contribution in [0.4, 0.5) is 0 Å². The molecule has 0 saturated heterocycles. The molecule has 0 aliphatic rings. The molecule has 0 aliphatic carbocycles. The lowest BCUT2D eigenvalue weighted by atomic mass is 9.79. The first kappa shape index (κ1) is 25.7. The lowest BCUT2D eigenvalue weighted by Crippen LogP contribution is -2.33. The number of carbonyl (C=O) groups is 1. The number of nitrogens with one attached hydrogen (secondary N) is 1. The molecule has 5 nitrogen and oxygen atoms in total. The number of aromatic nitrogens is 2. The van der Waals surface area contributed by atoms with Crippen molar-refractivity contribution in [3.05, 3.63) is 70.5 Å². The summed E-state index contributed by atoms with van der Waals surface area (Å²) in [6, 6.07) is 13.8. The van der Waals surface area contributed by atoms with Gasteiger partial charge in [-0.1, -0.05) is 69.6 Å². The molecule has 34 heavy (non-hydrogen) atoms. The topological polar surface area (TPSA) is 64.1 Å². The molecular formula is C28H34ClN3O2. The molecule has 0 spiro atoms. The maximum Gasteiger partial charge on any atom is 0.246 e. The van der Waals surface area contributed by atoms with Crippen molar-refractivity contribution >= 4 is 28.3 Å². The number of amides is 1. The quantitative estimate of drug-likeness (QED) is 0.325. The van der Waals surface area contributed by atoms with Gasteiger partial charge in [0.2, 0.25) is 11.8 Å². The van der Waals surface area contributed by atoms with Crippen LogP contribution in [0.3, 0.4) is 0 Å². The lowest BCUT2D eigenvalue weighted by molar-refractivity contribution is -0.125. The third-order valence-electron chi connectivity index (χ3n) is 6.25. The molecule has 3 rings (SSSR count). The van der Waals surface area contributed by atoms with E-state index < -0.39 is 0 Å². The van der Waals surface area contributed by atoms with E-state index in [2.05, 4.69) is 55.3 Å². The molecule has 1 unspecified atom stereocenters. The summed E-state index contributed by atoms with van der Waals surface area (Å²) < 4.78 is 6.15. The van der Waals surface area contributed by atoms with Crippen molar-refractivity contribution in [2.24, 2.45) is 5.92 Å². The molecule has 1 N–H and O–H groups in total. The van der Waals surface area contributed by atoms with Gasteiger partial charge < -0.3 is 10.1 Å². The van der Waals surface area contributed by atoms with Crippen LogP contribution in [0.25, 0.3) is 10.8 Å². The Kier molecular flexibility index (Phi) is 9.05. The fraction of sp³-hybridized carbons (Fsp3) is 0.393. The Hall–Kier alpha value is -2.92. The second kappa shape index (κ2) is 12.0. The van der Waals surface area contributed by atoms with E-state index in [9.17, 15) is 4.79 Å². The number of rotatable bonds is 10. The Labute approximate surface area is 207 Å². The van der Waals surface area contributed by atoms with Gasteiger partial charge in [0.05, 0.1) is 0 Å². The van der Waals surface area contributed by atoms with Crippen LogP contribution in [0.5, 0.6) is 11.6 Å². The van der Waals surface area contributed by atoms with Gasteiger partial charge in [0, 0.05) is 22.4 Å². The number of fused-ring (bicyclic) bond motifs is 1. The second-order valence-electron chi connectivity index (χ2n) is 8.47. The number of allylic oxidation sites excluding steroid dienone is 2. The van der Waals surface area contributed by atoms with Crippen molar-refractivity contribution in [1.82, 2.24) is 15.5 Å².